The second-order valence-electron chi connectivity index (χ2n) is 7.81. The number of aryl methyl sites for hydroxylation is 1. The highest BCUT2D eigenvalue weighted by Gasteiger charge is 2.42. The Hall–Kier alpha value is -4.04. The van der Waals surface area contributed by atoms with Crippen molar-refractivity contribution < 1.29 is 9.34 Å². The number of hydrogen-bond acceptors (Lipinski definition) is 5. The monoisotopic (exact) mass is 456 g/mol. The zero-order chi connectivity index (χ0) is 22.9. The SMILES string of the molecule is Cc1ccc(N2C(=S)N[C@@H](c3ccccn3)[C@@H]2c2ccc(-c3ccccc3[N+](=O)[O-])o2)cc1. The van der Waals surface area contributed by atoms with E-state index in [1.165, 1.54) is 6.07 Å². The van der Waals surface area contributed by atoms with Crippen LogP contribution in [-0.4, -0.2) is 15.0 Å². The van der Waals surface area contributed by atoms with Crippen LogP contribution in [0.2, 0.25) is 0 Å². The Labute approximate surface area is 195 Å². The van der Waals surface area contributed by atoms with Gasteiger partial charge in [0.2, 0.25) is 0 Å². The number of nitro benzene ring substituents is 1. The first-order chi connectivity index (χ1) is 16.0. The first-order valence-electron chi connectivity index (χ1n) is 10.4. The molecule has 0 saturated carbocycles. The Kier molecular flexibility index (Phi) is 5.35. The minimum atomic E-state index is -0.404. The predicted molar refractivity (Wildman–Crippen MR) is 130 cm³/mol. The van der Waals surface area contributed by atoms with Crippen LogP contribution in [0, 0.1) is 17.0 Å². The average molecular weight is 457 g/mol. The van der Waals surface area contributed by atoms with Crippen molar-refractivity contribution in [1.29, 1.82) is 0 Å². The van der Waals surface area contributed by atoms with Crippen LogP contribution in [0.15, 0.2) is 89.5 Å². The maximum Gasteiger partial charge on any atom is 0.280 e. The molecule has 33 heavy (non-hydrogen) atoms. The Morgan fingerprint density at radius 2 is 1.79 bits per heavy atom. The van der Waals surface area contributed by atoms with E-state index in [0.29, 0.717) is 22.2 Å². The summed E-state index contributed by atoms with van der Waals surface area (Å²) >= 11 is 5.72. The summed E-state index contributed by atoms with van der Waals surface area (Å²) in [7, 11) is 0. The lowest BCUT2D eigenvalue weighted by molar-refractivity contribution is -0.384. The van der Waals surface area contributed by atoms with Gasteiger partial charge >= 0.3 is 0 Å². The minimum absolute atomic E-state index is 0.00451. The molecule has 0 radical (unpaired) electrons. The van der Waals surface area contributed by atoms with E-state index < -0.39 is 4.92 Å². The molecule has 0 spiro atoms. The fraction of sp³-hybridized carbons (Fsp3) is 0.120. The number of nitrogens with zero attached hydrogens (tertiary/aromatic N) is 3. The second kappa shape index (κ2) is 8.48. The van der Waals surface area contributed by atoms with E-state index in [4.69, 9.17) is 16.6 Å². The van der Waals surface area contributed by atoms with Crippen molar-refractivity contribution in [2.45, 2.75) is 19.0 Å². The number of benzene rings is 2. The predicted octanol–water partition coefficient (Wildman–Crippen LogP) is 5.74. The summed E-state index contributed by atoms with van der Waals surface area (Å²) in [5.74, 6) is 1.06. The molecule has 4 aromatic rings. The maximum absolute atomic E-state index is 11.5. The summed E-state index contributed by atoms with van der Waals surface area (Å²) in [4.78, 5) is 17.7. The lowest BCUT2D eigenvalue weighted by Crippen LogP contribution is -2.29. The number of hydrogen-bond donors (Lipinski definition) is 1. The molecule has 1 fully saturated rings. The van der Waals surface area contributed by atoms with Crippen LogP contribution < -0.4 is 10.2 Å². The Bertz CT molecular complexity index is 1320. The third-order valence-electron chi connectivity index (χ3n) is 5.69. The van der Waals surface area contributed by atoms with Gasteiger partial charge in [-0.2, -0.15) is 0 Å². The summed E-state index contributed by atoms with van der Waals surface area (Å²) in [6, 6.07) is 23.4. The van der Waals surface area contributed by atoms with Gasteiger partial charge in [-0.05, 0) is 61.6 Å². The highest BCUT2D eigenvalue weighted by molar-refractivity contribution is 7.80. The molecule has 0 aliphatic carbocycles. The van der Waals surface area contributed by atoms with Crippen molar-refractivity contribution in [3.63, 3.8) is 0 Å². The fourth-order valence-electron chi connectivity index (χ4n) is 4.13. The van der Waals surface area contributed by atoms with Gasteiger partial charge in [0.05, 0.1) is 22.2 Å². The topological polar surface area (TPSA) is 84.4 Å². The molecule has 7 nitrogen and oxygen atoms in total. The molecule has 2 atom stereocenters. The number of nitro groups is 1. The average Bonchev–Trinajstić information content (AvgIpc) is 3.45. The summed E-state index contributed by atoms with van der Waals surface area (Å²) in [5, 5.41) is 15.5. The smallest absolute Gasteiger partial charge is 0.280 e. The van der Waals surface area contributed by atoms with E-state index in [1.807, 2.05) is 60.4 Å². The van der Waals surface area contributed by atoms with Crippen molar-refractivity contribution in [1.82, 2.24) is 10.3 Å². The van der Waals surface area contributed by atoms with Crippen LogP contribution in [0.1, 0.15) is 29.1 Å². The van der Waals surface area contributed by atoms with Gasteiger partial charge in [0, 0.05) is 18.0 Å². The lowest BCUT2D eigenvalue weighted by atomic mass is 10.0. The number of thiocarbonyl (C=S) groups is 1. The maximum atomic E-state index is 11.5. The van der Waals surface area contributed by atoms with Gasteiger partial charge in [0.1, 0.15) is 17.6 Å². The van der Waals surface area contributed by atoms with Crippen LogP contribution in [0.25, 0.3) is 11.3 Å². The first-order valence-corrected chi connectivity index (χ1v) is 10.8. The minimum Gasteiger partial charge on any atom is -0.459 e. The normalized spacial score (nSPS) is 17.7. The van der Waals surface area contributed by atoms with E-state index in [1.54, 1.807) is 30.5 Å². The molecule has 8 heteroatoms. The zero-order valence-corrected chi connectivity index (χ0v) is 18.5. The number of anilines is 1. The van der Waals surface area contributed by atoms with Gasteiger partial charge in [-0.15, -0.1) is 0 Å². The van der Waals surface area contributed by atoms with Gasteiger partial charge in [0.25, 0.3) is 5.69 Å². The molecule has 1 aliphatic heterocycles. The fourth-order valence-corrected chi connectivity index (χ4v) is 4.47. The van der Waals surface area contributed by atoms with Crippen molar-refractivity contribution >= 4 is 28.7 Å². The molecule has 2 aromatic heterocycles. The highest BCUT2D eigenvalue weighted by Crippen LogP contribution is 2.43. The van der Waals surface area contributed by atoms with Gasteiger partial charge < -0.3 is 14.6 Å². The quantitative estimate of drug-likeness (QED) is 0.233. The lowest BCUT2D eigenvalue weighted by Gasteiger charge is -2.26. The number of nitrogens with one attached hydrogen (secondary N) is 1. The van der Waals surface area contributed by atoms with Crippen LogP contribution in [-0.2, 0) is 0 Å². The molecular formula is C25H20N4O3S. The van der Waals surface area contributed by atoms with Crippen LogP contribution >= 0.6 is 12.2 Å². The third-order valence-corrected chi connectivity index (χ3v) is 6.01. The molecular weight excluding hydrogens is 436 g/mol. The molecule has 0 amide bonds. The Morgan fingerprint density at radius 1 is 1.03 bits per heavy atom. The van der Waals surface area contributed by atoms with Crippen LogP contribution in [0.4, 0.5) is 11.4 Å². The van der Waals surface area contributed by atoms with Crippen LogP contribution in [0.3, 0.4) is 0 Å². The van der Waals surface area contributed by atoms with Crippen molar-refractivity contribution in [3.8, 4) is 11.3 Å². The van der Waals surface area contributed by atoms with E-state index in [-0.39, 0.29) is 17.8 Å². The van der Waals surface area contributed by atoms with Crippen molar-refractivity contribution in [2.24, 2.45) is 0 Å². The molecule has 1 N–H and O–H groups in total. The molecule has 1 saturated heterocycles. The standard InChI is InChI=1S/C25H20N4O3S/c1-16-9-11-17(12-10-16)28-24(23(27-25(28)33)19-7-4-5-15-26-19)22-14-13-21(32-22)18-6-2-3-8-20(18)29(30)31/h2-15,23-24H,1H3,(H,27,33)/t23-,24-/m0/s1. The van der Waals surface area contributed by atoms with E-state index in [0.717, 1.165) is 16.9 Å². The molecule has 0 bridgehead atoms. The number of aromatic nitrogens is 1. The molecule has 0 unspecified atom stereocenters. The number of para-hydroxylation sites is 1. The second-order valence-corrected chi connectivity index (χ2v) is 8.20. The zero-order valence-electron chi connectivity index (χ0n) is 17.7. The molecule has 5 rings (SSSR count). The van der Waals surface area contributed by atoms with E-state index >= 15 is 0 Å². The Morgan fingerprint density at radius 3 is 2.52 bits per heavy atom. The summed E-state index contributed by atoms with van der Waals surface area (Å²) < 4.78 is 6.25. The summed E-state index contributed by atoms with van der Waals surface area (Å²) in [5.41, 5.74) is 3.31. The van der Waals surface area contributed by atoms with Crippen molar-refractivity contribution in [2.75, 3.05) is 4.90 Å². The highest BCUT2D eigenvalue weighted by atomic mass is 32.1. The van der Waals surface area contributed by atoms with E-state index in [2.05, 4.69) is 10.3 Å². The first kappa shape index (κ1) is 20.8. The Balaban J connectivity index is 1.61. The van der Waals surface area contributed by atoms with Crippen LogP contribution in [0.5, 0.6) is 0 Å². The molecule has 3 heterocycles. The molecule has 164 valence electrons. The van der Waals surface area contributed by atoms with Gasteiger partial charge in [-0.25, -0.2) is 0 Å². The summed E-state index contributed by atoms with van der Waals surface area (Å²) in [6.07, 6.45) is 1.74. The third kappa shape index (κ3) is 3.85. The van der Waals surface area contributed by atoms with E-state index in [9.17, 15) is 10.1 Å². The molecule has 2 aromatic carbocycles. The van der Waals surface area contributed by atoms with Gasteiger partial charge in [0.15, 0.2) is 5.11 Å². The number of pyridine rings is 1. The largest absolute Gasteiger partial charge is 0.459 e. The number of rotatable bonds is 5. The number of furan rings is 1. The van der Waals surface area contributed by atoms with Crippen molar-refractivity contribution in [3.05, 3.63) is 112 Å². The van der Waals surface area contributed by atoms with Gasteiger partial charge in [-0.1, -0.05) is 35.9 Å². The summed E-state index contributed by atoms with van der Waals surface area (Å²) in [6.45, 7) is 2.03. The van der Waals surface area contributed by atoms with Gasteiger partial charge in [-0.3, -0.25) is 15.1 Å². The molecule has 1 aliphatic rings.